The summed E-state index contributed by atoms with van der Waals surface area (Å²) in [6.45, 7) is 0. The van der Waals surface area contributed by atoms with Gasteiger partial charge in [-0.2, -0.15) is 10.5 Å². The molecule has 0 fully saturated rings. The zero-order valence-electron chi connectivity index (χ0n) is 14.3. The Kier molecular flexibility index (Phi) is 5.70. The van der Waals surface area contributed by atoms with Gasteiger partial charge in [0.25, 0.3) is 0 Å². The van der Waals surface area contributed by atoms with Gasteiger partial charge in [-0.05, 0) is 47.2 Å². The highest BCUT2D eigenvalue weighted by Gasteiger charge is 2.13. The Morgan fingerprint density at radius 1 is 0.692 bits per heavy atom. The van der Waals surface area contributed by atoms with E-state index in [0.29, 0.717) is 12.8 Å². The summed E-state index contributed by atoms with van der Waals surface area (Å²) in [7, 11) is 0. The van der Waals surface area contributed by atoms with E-state index < -0.39 is 0 Å². The van der Waals surface area contributed by atoms with Gasteiger partial charge in [-0.3, -0.25) is 9.97 Å². The van der Waals surface area contributed by atoms with Crippen LogP contribution in [0.15, 0.2) is 73.3 Å². The van der Waals surface area contributed by atoms with Crippen LogP contribution in [0, 0.1) is 22.7 Å². The predicted molar refractivity (Wildman–Crippen MR) is 99.0 cm³/mol. The van der Waals surface area contributed by atoms with E-state index in [2.05, 4.69) is 22.1 Å². The zero-order chi connectivity index (χ0) is 18.2. The molecule has 4 heteroatoms. The van der Waals surface area contributed by atoms with E-state index in [0.717, 1.165) is 22.3 Å². The van der Waals surface area contributed by atoms with Crippen LogP contribution in [0.4, 0.5) is 0 Å². The van der Waals surface area contributed by atoms with Gasteiger partial charge in [0.1, 0.15) is 0 Å². The predicted octanol–water partition coefficient (Wildman–Crippen LogP) is 4.18. The Morgan fingerprint density at radius 2 is 1.12 bits per heavy atom. The Labute approximate surface area is 153 Å². The molecule has 3 aromatic rings. The van der Waals surface area contributed by atoms with Crippen molar-refractivity contribution in [3.05, 3.63) is 95.6 Å². The van der Waals surface area contributed by atoms with Crippen LogP contribution in [0.2, 0.25) is 0 Å². The van der Waals surface area contributed by atoms with Gasteiger partial charge in [0, 0.05) is 24.8 Å². The molecule has 2 atom stereocenters. The summed E-state index contributed by atoms with van der Waals surface area (Å²) in [6, 6.07) is 20.4. The van der Waals surface area contributed by atoms with Crippen molar-refractivity contribution in [3.8, 4) is 12.1 Å². The Balaban J connectivity index is 1.69. The van der Waals surface area contributed by atoms with Crippen molar-refractivity contribution in [1.82, 2.24) is 9.97 Å². The van der Waals surface area contributed by atoms with E-state index in [1.807, 2.05) is 48.5 Å². The molecule has 0 aliphatic heterocycles. The van der Waals surface area contributed by atoms with Crippen molar-refractivity contribution in [2.75, 3.05) is 0 Å². The third-order valence-corrected chi connectivity index (χ3v) is 4.39. The highest BCUT2D eigenvalue weighted by Crippen LogP contribution is 2.22. The quantitative estimate of drug-likeness (QED) is 0.676. The smallest absolute Gasteiger partial charge is 0.0767 e. The van der Waals surface area contributed by atoms with Gasteiger partial charge >= 0.3 is 0 Å². The largest absolute Gasteiger partial charge is 0.264 e. The van der Waals surface area contributed by atoms with Gasteiger partial charge in [-0.25, -0.2) is 0 Å². The summed E-state index contributed by atoms with van der Waals surface area (Å²) < 4.78 is 0. The lowest BCUT2D eigenvalue weighted by molar-refractivity contribution is 0.830. The van der Waals surface area contributed by atoms with Gasteiger partial charge in [0.15, 0.2) is 0 Å². The van der Waals surface area contributed by atoms with Crippen molar-refractivity contribution in [2.45, 2.75) is 24.7 Å². The maximum atomic E-state index is 9.45. The van der Waals surface area contributed by atoms with E-state index in [4.69, 9.17) is 0 Å². The number of nitriles is 2. The molecule has 2 aromatic heterocycles. The highest BCUT2D eigenvalue weighted by molar-refractivity contribution is 5.31. The second-order valence-corrected chi connectivity index (χ2v) is 6.16. The average molecular weight is 338 g/mol. The zero-order valence-corrected chi connectivity index (χ0v) is 14.3. The molecule has 2 unspecified atom stereocenters. The van der Waals surface area contributed by atoms with Gasteiger partial charge in [-0.1, -0.05) is 36.4 Å². The Morgan fingerprint density at radius 3 is 1.42 bits per heavy atom. The summed E-state index contributed by atoms with van der Waals surface area (Å²) in [6.07, 6.45) is 8.20. The first-order valence-corrected chi connectivity index (χ1v) is 8.47. The summed E-state index contributed by atoms with van der Waals surface area (Å²) >= 11 is 0. The molecule has 126 valence electrons. The van der Waals surface area contributed by atoms with Crippen LogP contribution in [0.5, 0.6) is 0 Å². The van der Waals surface area contributed by atoms with Gasteiger partial charge < -0.3 is 0 Å². The molecule has 1 aromatic carbocycles. The van der Waals surface area contributed by atoms with Crippen molar-refractivity contribution in [2.24, 2.45) is 0 Å². The summed E-state index contributed by atoms with van der Waals surface area (Å²) in [5, 5.41) is 18.9. The summed E-state index contributed by atoms with van der Waals surface area (Å²) in [4.78, 5) is 8.19. The second kappa shape index (κ2) is 8.55. The first kappa shape index (κ1) is 17.3. The number of aromatic nitrogens is 2. The van der Waals surface area contributed by atoms with Gasteiger partial charge in [0.05, 0.1) is 24.0 Å². The van der Waals surface area contributed by atoms with E-state index >= 15 is 0 Å². The average Bonchev–Trinajstić information content (AvgIpc) is 2.72. The monoisotopic (exact) mass is 338 g/mol. The molecule has 4 nitrogen and oxygen atoms in total. The van der Waals surface area contributed by atoms with Crippen LogP contribution >= 0.6 is 0 Å². The second-order valence-electron chi connectivity index (χ2n) is 6.16. The van der Waals surface area contributed by atoms with Crippen molar-refractivity contribution < 1.29 is 0 Å². The molecule has 0 radical (unpaired) electrons. The molecular formula is C22H18N4. The van der Waals surface area contributed by atoms with Crippen LogP contribution < -0.4 is 0 Å². The Hall–Kier alpha value is -3.50. The number of rotatable bonds is 6. The number of benzene rings is 1. The molecule has 0 aliphatic rings. The molecule has 2 heterocycles. The fourth-order valence-electron chi connectivity index (χ4n) is 2.92. The third kappa shape index (κ3) is 4.32. The number of pyridine rings is 2. The fraction of sp³-hybridized carbons (Fsp3) is 0.182. The first-order valence-electron chi connectivity index (χ1n) is 8.47. The normalized spacial score (nSPS) is 12.5. The molecule has 0 saturated carbocycles. The highest BCUT2D eigenvalue weighted by atomic mass is 14.6. The lowest BCUT2D eigenvalue weighted by atomic mass is 9.91. The molecule has 0 bridgehead atoms. The fourth-order valence-corrected chi connectivity index (χ4v) is 2.92. The molecule has 3 rings (SSSR count). The van der Waals surface area contributed by atoms with Crippen molar-refractivity contribution in [3.63, 3.8) is 0 Å². The minimum absolute atomic E-state index is 0.211. The number of nitrogens with zero attached hydrogens (tertiary/aromatic N) is 4. The van der Waals surface area contributed by atoms with E-state index in [9.17, 15) is 10.5 Å². The van der Waals surface area contributed by atoms with E-state index in [-0.39, 0.29) is 11.8 Å². The molecule has 0 aliphatic carbocycles. The van der Waals surface area contributed by atoms with Crippen LogP contribution in [0.3, 0.4) is 0 Å². The molecule has 0 amide bonds. The van der Waals surface area contributed by atoms with Crippen LogP contribution in [-0.2, 0) is 12.8 Å². The van der Waals surface area contributed by atoms with Gasteiger partial charge in [0.2, 0.25) is 0 Å². The lowest BCUT2D eigenvalue weighted by Crippen LogP contribution is -2.03. The minimum atomic E-state index is -0.211. The maximum absolute atomic E-state index is 9.45. The molecule has 26 heavy (non-hydrogen) atoms. The van der Waals surface area contributed by atoms with Crippen molar-refractivity contribution in [1.29, 1.82) is 10.5 Å². The minimum Gasteiger partial charge on any atom is -0.264 e. The Bertz CT molecular complexity index is 828. The van der Waals surface area contributed by atoms with Gasteiger partial charge in [-0.15, -0.1) is 0 Å². The summed E-state index contributed by atoms with van der Waals surface area (Å²) in [5.74, 6) is -0.423. The lowest BCUT2D eigenvalue weighted by Gasteiger charge is -2.11. The maximum Gasteiger partial charge on any atom is 0.0767 e. The standard InChI is InChI=1S/C22H18N4/c23-13-21(19-3-1-9-25-15-19)11-17-5-7-18(8-6-17)12-22(14-24)20-4-2-10-26-16-20/h1-10,15-16,21-22H,11-12H2. The van der Waals surface area contributed by atoms with E-state index in [1.54, 1.807) is 24.8 Å². The first-order chi connectivity index (χ1) is 12.8. The molecule has 0 saturated heterocycles. The van der Waals surface area contributed by atoms with Crippen LogP contribution in [0.25, 0.3) is 0 Å². The topological polar surface area (TPSA) is 73.4 Å². The number of hydrogen-bond acceptors (Lipinski definition) is 4. The SMILES string of the molecule is N#CC(Cc1ccc(CC(C#N)c2cccnc2)cc1)c1cccnc1. The molecule has 0 spiro atoms. The van der Waals surface area contributed by atoms with E-state index in [1.165, 1.54) is 0 Å². The van der Waals surface area contributed by atoms with Crippen molar-refractivity contribution >= 4 is 0 Å². The summed E-state index contributed by atoms with van der Waals surface area (Å²) in [5.41, 5.74) is 4.05. The third-order valence-electron chi connectivity index (χ3n) is 4.39. The molecular weight excluding hydrogens is 320 g/mol. The number of hydrogen-bond donors (Lipinski definition) is 0. The molecule has 0 N–H and O–H groups in total. The van der Waals surface area contributed by atoms with Crippen LogP contribution in [0.1, 0.15) is 34.1 Å². The van der Waals surface area contributed by atoms with Crippen LogP contribution in [-0.4, -0.2) is 9.97 Å².